The molecule has 4 aromatic rings. The molecule has 0 atom stereocenters. The second kappa shape index (κ2) is 6.12. The van der Waals surface area contributed by atoms with Crippen LogP contribution in [0.4, 0.5) is 0 Å². The highest BCUT2D eigenvalue weighted by atomic mass is 32.2. The van der Waals surface area contributed by atoms with Crippen molar-refractivity contribution >= 4 is 31.8 Å². The maximum atomic E-state index is 11.4. The number of nitrogens with zero attached hydrogens (tertiary/aromatic N) is 2. The highest BCUT2D eigenvalue weighted by Gasteiger charge is 2.10. The first kappa shape index (κ1) is 16.6. The zero-order valence-electron chi connectivity index (χ0n) is 14.1. The minimum Gasteiger partial charge on any atom is -0.497 e. The van der Waals surface area contributed by atoms with Gasteiger partial charge < -0.3 is 9.30 Å². The van der Waals surface area contributed by atoms with Crippen molar-refractivity contribution in [3.05, 3.63) is 66.5 Å². The normalized spacial score (nSPS) is 11.9. The van der Waals surface area contributed by atoms with E-state index < -0.39 is 10.0 Å². The Morgan fingerprint density at radius 2 is 1.88 bits per heavy atom. The number of nitrogens with two attached hydrogens (primary N) is 1. The third-order valence-electron chi connectivity index (χ3n) is 4.40. The minimum absolute atomic E-state index is 0.111. The summed E-state index contributed by atoms with van der Waals surface area (Å²) in [4.78, 5) is 4.61. The van der Waals surface area contributed by atoms with E-state index in [1.165, 1.54) is 12.1 Å². The van der Waals surface area contributed by atoms with E-state index in [9.17, 15) is 8.42 Å². The van der Waals surface area contributed by atoms with E-state index in [0.29, 0.717) is 6.54 Å². The number of primary sulfonamides is 1. The van der Waals surface area contributed by atoms with Crippen LogP contribution in [-0.2, 0) is 16.6 Å². The third kappa shape index (κ3) is 2.91. The Balaban J connectivity index is 1.78. The quantitative estimate of drug-likeness (QED) is 0.601. The second-order valence-electron chi connectivity index (χ2n) is 6.08. The molecule has 2 N–H and O–H groups in total. The Morgan fingerprint density at radius 3 is 2.58 bits per heavy atom. The molecule has 0 aliphatic carbocycles. The molecule has 0 aliphatic heterocycles. The van der Waals surface area contributed by atoms with Crippen molar-refractivity contribution in [2.24, 2.45) is 5.14 Å². The minimum atomic E-state index is -3.68. The number of aromatic nitrogens is 2. The van der Waals surface area contributed by atoms with E-state index in [4.69, 9.17) is 9.88 Å². The number of sulfonamides is 1. The van der Waals surface area contributed by atoms with Gasteiger partial charge in [0.2, 0.25) is 10.0 Å². The average molecular weight is 367 g/mol. The van der Waals surface area contributed by atoms with Gasteiger partial charge in [0, 0.05) is 35.8 Å². The lowest BCUT2D eigenvalue weighted by atomic mass is 10.1. The Bertz CT molecular complexity index is 1210. The summed E-state index contributed by atoms with van der Waals surface area (Å²) < 4.78 is 30.2. The van der Waals surface area contributed by atoms with Crippen molar-refractivity contribution in [1.29, 1.82) is 0 Å². The Labute approximate surface area is 150 Å². The van der Waals surface area contributed by atoms with E-state index in [1.807, 2.05) is 36.7 Å². The molecular weight excluding hydrogens is 350 g/mol. The van der Waals surface area contributed by atoms with Crippen LogP contribution >= 0.6 is 0 Å². The average Bonchev–Trinajstić information content (AvgIpc) is 3.04. The van der Waals surface area contributed by atoms with Crippen LogP contribution in [0.5, 0.6) is 5.75 Å². The number of benzene rings is 2. The van der Waals surface area contributed by atoms with Crippen molar-refractivity contribution in [2.75, 3.05) is 7.11 Å². The molecule has 132 valence electrons. The Hall–Kier alpha value is -2.90. The smallest absolute Gasteiger partial charge is 0.238 e. The first-order valence-corrected chi connectivity index (χ1v) is 9.54. The van der Waals surface area contributed by atoms with Gasteiger partial charge in [0.1, 0.15) is 5.75 Å². The highest BCUT2D eigenvalue weighted by Crippen LogP contribution is 2.28. The fraction of sp³-hybridized carbons (Fsp3) is 0.105. The number of pyridine rings is 1. The van der Waals surface area contributed by atoms with E-state index in [0.717, 1.165) is 33.1 Å². The van der Waals surface area contributed by atoms with Crippen LogP contribution in [0.3, 0.4) is 0 Å². The molecule has 0 fully saturated rings. The van der Waals surface area contributed by atoms with Gasteiger partial charge in [-0.05, 0) is 35.9 Å². The van der Waals surface area contributed by atoms with Crippen molar-refractivity contribution in [3.63, 3.8) is 0 Å². The van der Waals surface area contributed by atoms with Gasteiger partial charge in [-0.3, -0.25) is 4.98 Å². The van der Waals surface area contributed by atoms with Gasteiger partial charge in [-0.25, -0.2) is 13.6 Å². The lowest BCUT2D eigenvalue weighted by molar-refractivity contribution is 0.415. The van der Waals surface area contributed by atoms with Crippen LogP contribution in [0.1, 0.15) is 5.56 Å². The molecule has 0 aliphatic rings. The molecule has 0 radical (unpaired) electrons. The van der Waals surface area contributed by atoms with Gasteiger partial charge in [-0.15, -0.1) is 0 Å². The largest absolute Gasteiger partial charge is 0.497 e. The maximum Gasteiger partial charge on any atom is 0.238 e. The van der Waals surface area contributed by atoms with Crippen LogP contribution < -0.4 is 9.88 Å². The molecule has 0 amide bonds. The number of rotatable bonds is 4. The Morgan fingerprint density at radius 1 is 1.12 bits per heavy atom. The van der Waals surface area contributed by atoms with E-state index in [2.05, 4.69) is 9.55 Å². The summed E-state index contributed by atoms with van der Waals surface area (Å²) in [6, 6.07) is 14.5. The van der Waals surface area contributed by atoms with Gasteiger partial charge in [0.25, 0.3) is 0 Å². The van der Waals surface area contributed by atoms with E-state index in [1.54, 1.807) is 19.2 Å². The predicted molar refractivity (Wildman–Crippen MR) is 101 cm³/mol. The molecule has 2 aromatic heterocycles. The number of fused-ring (bicyclic) bond motifs is 3. The summed E-state index contributed by atoms with van der Waals surface area (Å²) in [6.07, 6.45) is 3.85. The Kier molecular flexibility index (Phi) is 3.90. The zero-order valence-corrected chi connectivity index (χ0v) is 14.9. The maximum absolute atomic E-state index is 11.4. The first-order valence-electron chi connectivity index (χ1n) is 7.99. The van der Waals surface area contributed by atoms with Crippen LogP contribution in [0.2, 0.25) is 0 Å². The fourth-order valence-corrected chi connectivity index (χ4v) is 3.62. The van der Waals surface area contributed by atoms with Crippen molar-refractivity contribution in [1.82, 2.24) is 9.55 Å². The molecular formula is C19H17N3O3S. The van der Waals surface area contributed by atoms with Gasteiger partial charge in [0.15, 0.2) is 0 Å². The van der Waals surface area contributed by atoms with Crippen molar-refractivity contribution < 1.29 is 13.2 Å². The van der Waals surface area contributed by atoms with Crippen LogP contribution in [0.15, 0.2) is 65.8 Å². The molecule has 0 spiro atoms. The van der Waals surface area contributed by atoms with Crippen LogP contribution in [0, 0.1) is 0 Å². The van der Waals surface area contributed by atoms with Gasteiger partial charge >= 0.3 is 0 Å². The highest BCUT2D eigenvalue weighted by molar-refractivity contribution is 7.89. The van der Waals surface area contributed by atoms with Gasteiger partial charge in [-0.1, -0.05) is 12.1 Å². The molecule has 0 bridgehead atoms. The SMILES string of the molecule is COc1ccc2c(c1)ncc1ccn(Cc3ccc(S(N)(=O)=O)cc3)c12. The molecule has 7 heteroatoms. The second-order valence-corrected chi connectivity index (χ2v) is 7.64. The molecule has 2 heterocycles. The predicted octanol–water partition coefficient (Wildman–Crippen LogP) is 2.89. The first-order chi connectivity index (χ1) is 12.5. The summed E-state index contributed by atoms with van der Waals surface area (Å²) in [5.74, 6) is 0.765. The number of hydrogen-bond donors (Lipinski definition) is 1. The molecule has 6 nitrogen and oxygen atoms in total. The van der Waals surface area contributed by atoms with Crippen LogP contribution in [-0.4, -0.2) is 25.1 Å². The lowest BCUT2D eigenvalue weighted by Crippen LogP contribution is -2.12. The van der Waals surface area contributed by atoms with E-state index in [-0.39, 0.29) is 4.90 Å². The number of hydrogen-bond acceptors (Lipinski definition) is 4. The summed E-state index contributed by atoms with van der Waals surface area (Å²) >= 11 is 0. The standard InChI is InChI=1S/C19H17N3O3S/c1-25-15-4-7-17-18(10-15)21-11-14-8-9-22(19(14)17)12-13-2-5-16(6-3-13)26(20,23)24/h2-11H,12H2,1H3,(H2,20,23,24). The lowest BCUT2D eigenvalue weighted by Gasteiger charge is -2.09. The summed E-state index contributed by atoms with van der Waals surface area (Å²) in [5.41, 5.74) is 2.92. The molecule has 0 unspecified atom stereocenters. The van der Waals surface area contributed by atoms with Crippen molar-refractivity contribution in [2.45, 2.75) is 11.4 Å². The van der Waals surface area contributed by atoms with Gasteiger partial charge in [-0.2, -0.15) is 0 Å². The number of ether oxygens (including phenoxy) is 1. The third-order valence-corrected chi connectivity index (χ3v) is 5.33. The van der Waals surface area contributed by atoms with E-state index >= 15 is 0 Å². The van der Waals surface area contributed by atoms with Crippen LogP contribution in [0.25, 0.3) is 21.8 Å². The van der Waals surface area contributed by atoms with Crippen molar-refractivity contribution in [3.8, 4) is 5.75 Å². The molecule has 0 saturated carbocycles. The van der Waals surface area contributed by atoms with Gasteiger partial charge in [0.05, 0.1) is 23.0 Å². The molecule has 26 heavy (non-hydrogen) atoms. The monoisotopic (exact) mass is 367 g/mol. The molecule has 0 saturated heterocycles. The zero-order chi connectivity index (χ0) is 18.3. The summed E-state index contributed by atoms with van der Waals surface area (Å²) in [5, 5.41) is 7.23. The molecule has 4 rings (SSSR count). The fourth-order valence-electron chi connectivity index (χ4n) is 3.10. The topological polar surface area (TPSA) is 87.2 Å². The summed E-state index contributed by atoms with van der Waals surface area (Å²) in [6.45, 7) is 0.611. The summed E-state index contributed by atoms with van der Waals surface area (Å²) in [7, 11) is -2.05. The molecule has 2 aromatic carbocycles. The number of methoxy groups -OCH3 is 1.